The van der Waals surface area contributed by atoms with Gasteiger partial charge in [-0.2, -0.15) is 5.10 Å². The number of aryl methyl sites for hydroxylation is 2. The fourth-order valence-electron chi connectivity index (χ4n) is 3.66. The monoisotopic (exact) mass is 401 g/mol. The highest BCUT2D eigenvalue weighted by molar-refractivity contribution is 5.87. The largest absolute Gasteiger partial charge is 0.350 e. The highest BCUT2D eigenvalue weighted by Crippen LogP contribution is 2.23. The van der Waals surface area contributed by atoms with Gasteiger partial charge in [-0.3, -0.25) is 14.6 Å². The third kappa shape index (κ3) is 3.87. The van der Waals surface area contributed by atoms with Crippen molar-refractivity contribution in [1.82, 2.24) is 24.6 Å². The summed E-state index contributed by atoms with van der Waals surface area (Å²) in [5.74, 6) is -0.272. The Balaban J connectivity index is 1.58. The highest BCUT2D eigenvalue weighted by atomic mass is 16.2. The van der Waals surface area contributed by atoms with Crippen molar-refractivity contribution in [2.45, 2.75) is 33.5 Å². The lowest BCUT2D eigenvalue weighted by molar-refractivity contribution is -0.122. The summed E-state index contributed by atoms with van der Waals surface area (Å²) in [7, 11) is 0. The minimum absolute atomic E-state index is 0.128. The Morgan fingerprint density at radius 3 is 2.50 bits per heavy atom. The zero-order valence-corrected chi connectivity index (χ0v) is 17.0. The van der Waals surface area contributed by atoms with Crippen molar-refractivity contribution in [3.8, 4) is 0 Å². The summed E-state index contributed by atoms with van der Waals surface area (Å²) in [6.07, 6.45) is 5.05. The molecule has 1 amide bonds. The topological polar surface area (TPSA) is 81.8 Å². The normalized spacial score (nSPS) is 11.0. The molecule has 0 saturated heterocycles. The van der Waals surface area contributed by atoms with E-state index in [-0.39, 0.29) is 18.0 Å². The number of rotatable bonds is 6. The summed E-state index contributed by atoms with van der Waals surface area (Å²) in [5.41, 5.74) is 3.67. The van der Waals surface area contributed by atoms with E-state index in [1.54, 1.807) is 18.6 Å². The van der Waals surface area contributed by atoms with E-state index in [0.29, 0.717) is 18.5 Å². The molecule has 0 radical (unpaired) electrons. The molecule has 1 aromatic carbocycles. The Morgan fingerprint density at radius 1 is 1.00 bits per heavy atom. The first-order chi connectivity index (χ1) is 14.5. The van der Waals surface area contributed by atoms with Crippen LogP contribution in [-0.4, -0.2) is 25.2 Å². The number of hydrogen-bond donors (Lipinski definition) is 1. The van der Waals surface area contributed by atoms with Crippen molar-refractivity contribution >= 4 is 16.7 Å². The van der Waals surface area contributed by atoms with Gasteiger partial charge in [-0.15, -0.1) is 0 Å². The molecule has 30 heavy (non-hydrogen) atoms. The quantitative estimate of drug-likeness (QED) is 0.538. The van der Waals surface area contributed by atoms with Gasteiger partial charge in [-0.1, -0.05) is 36.4 Å². The zero-order chi connectivity index (χ0) is 21.1. The molecule has 0 unspecified atom stereocenters. The van der Waals surface area contributed by atoms with E-state index in [1.807, 2.05) is 44.2 Å². The molecule has 0 aliphatic carbocycles. The molecule has 7 nitrogen and oxygen atoms in total. The summed E-state index contributed by atoms with van der Waals surface area (Å²) in [6, 6.07) is 13.8. The molecule has 152 valence electrons. The number of carbonyl (C=O) groups is 1. The van der Waals surface area contributed by atoms with Crippen LogP contribution in [0.25, 0.3) is 10.8 Å². The van der Waals surface area contributed by atoms with E-state index in [4.69, 9.17) is 0 Å². The minimum Gasteiger partial charge on any atom is -0.350 e. The molecule has 0 spiro atoms. The molecule has 3 heterocycles. The van der Waals surface area contributed by atoms with Gasteiger partial charge in [0.25, 0.3) is 5.56 Å². The smallest absolute Gasteiger partial charge is 0.276 e. The van der Waals surface area contributed by atoms with Gasteiger partial charge in [0, 0.05) is 42.3 Å². The minimum atomic E-state index is -0.272. The number of nitrogens with one attached hydrogen (secondary N) is 1. The van der Waals surface area contributed by atoms with Gasteiger partial charge in [-0.05, 0) is 31.0 Å². The maximum Gasteiger partial charge on any atom is 0.276 e. The lowest BCUT2D eigenvalue weighted by Crippen LogP contribution is -2.33. The molecule has 7 heteroatoms. The third-order valence-electron chi connectivity index (χ3n) is 5.29. The van der Waals surface area contributed by atoms with Crippen LogP contribution in [0, 0.1) is 13.8 Å². The summed E-state index contributed by atoms with van der Waals surface area (Å²) >= 11 is 0. The molecule has 3 aromatic heterocycles. The molecule has 1 N–H and O–H groups in total. The molecule has 0 atom stereocenters. The van der Waals surface area contributed by atoms with E-state index in [2.05, 4.69) is 32.1 Å². The van der Waals surface area contributed by atoms with Crippen LogP contribution in [0.1, 0.15) is 22.5 Å². The molecular formula is C23H23N5O2. The van der Waals surface area contributed by atoms with Crippen LogP contribution in [0.3, 0.4) is 0 Å². The second kappa shape index (κ2) is 8.32. The van der Waals surface area contributed by atoms with Crippen LogP contribution >= 0.6 is 0 Å². The number of aromatic nitrogens is 4. The predicted octanol–water partition coefficient (Wildman–Crippen LogP) is 2.57. The van der Waals surface area contributed by atoms with Crippen LogP contribution in [-0.2, 0) is 24.4 Å². The van der Waals surface area contributed by atoms with Crippen LogP contribution in [0.15, 0.2) is 65.8 Å². The van der Waals surface area contributed by atoms with E-state index in [1.165, 1.54) is 4.68 Å². The SMILES string of the molecule is Cc1c2cnn(CC(=O)NCc3cccnc3)c(=O)c2c(C)n1Cc1ccccc1. The van der Waals surface area contributed by atoms with Gasteiger partial charge < -0.3 is 9.88 Å². The number of amides is 1. The predicted molar refractivity (Wildman–Crippen MR) is 115 cm³/mol. The average Bonchev–Trinajstić information content (AvgIpc) is 3.01. The van der Waals surface area contributed by atoms with Crippen molar-refractivity contribution in [2.24, 2.45) is 0 Å². The molecule has 4 rings (SSSR count). The van der Waals surface area contributed by atoms with Crippen LogP contribution in [0.5, 0.6) is 0 Å². The number of carbonyl (C=O) groups excluding carboxylic acids is 1. The molecule has 4 aromatic rings. The first-order valence-electron chi connectivity index (χ1n) is 9.79. The maximum atomic E-state index is 13.1. The molecule has 0 fully saturated rings. The maximum absolute atomic E-state index is 13.1. The van der Waals surface area contributed by atoms with Crippen LogP contribution in [0.2, 0.25) is 0 Å². The second-order valence-electron chi connectivity index (χ2n) is 7.28. The third-order valence-corrected chi connectivity index (χ3v) is 5.29. The number of fused-ring (bicyclic) bond motifs is 1. The fourth-order valence-corrected chi connectivity index (χ4v) is 3.66. The van der Waals surface area contributed by atoms with Gasteiger partial charge >= 0.3 is 0 Å². The number of nitrogens with zero attached hydrogens (tertiary/aromatic N) is 4. The van der Waals surface area contributed by atoms with Gasteiger partial charge in [0.1, 0.15) is 6.54 Å². The van der Waals surface area contributed by atoms with Crippen LogP contribution < -0.4 is 10.9 Å². The Labute approximate surface area is 174 Å². The molecule has 0 bridgehead atoms. The van der Waals surface area contributed by atoms with Crippen molar-refractivity contribution in [1.29, 1.82) is 0 Å². The summed E-state index contributed by atoms with van der Waals surface area (Å²) < 4.78 is 3.34. The van der Waals surface area contributed by atoms with Gasteiger partial charge in [0.2, 0.25) is 5.91 Å². The standard InChI is InChI=1S/C23H23N5O2/c1-16-20-13-26-28(15-21(29)25-12-19-9-6-10-24-11-19)23(30)22(20)17(2)27(16)14-18-7-4-3-5-8-18/h3-11,13H,12,14-15H2,1-2H3,(H,25,29). The van der Waals surface area contributed by atoms with Gasteiger partial charge in [0.15, 0.2) is 0 Å². The Bertz CT molecular complexity index is 1240. The van der Waals surface area contributed by atoms with Crippen molar-refractivity contribution in [2.75, 3.05) is 0 Å². The number of pyridine rings is 1. The van der Waals surface area contributed by atoms with Crippen LogP contribution in [0.4, 0.5) is 0 Å². The first kappa shape index (κ1) is 19.6. The Morgan fingerprint density at radius 2 is 1.77 bits per heavy atom. The lowest BCUT2D eigenvalue weighted by Gasteiger charge is -2.09. The van der Waals surface area contributed by atoms with Crippen molar-refractivity contribution < 1.29 is 4.79 Å². The summed E-state index contributed by atoms with van der Waals surface area (Å²) in [6.45, 7) is 4.84. The fraction of sp³-hybridized carbons (Fsp3) is 0.217. The summed E-state index contributed by atoms with van der Waals surface area (Å²) in [5, 5.41) is 8.47. The van der Waals surface area contributed by atoms with E-state index in [0.717, 1.165) is 27.9 Å². The van der Waals surface area contributed by atoms with Gasteiger partial charge in [-0.25, -0.2) is 4.68 Å². The van der Waals surface area contributed by atoms with Crippen molar-refractivity contribution in [3.63, 3.8) is 0 Å². The summed E-state index contributed by atoms with van der Waals surface area (Å²) in [4.78, 5) is 29.4. The van der Waals surface area contributed by atoms with Crippen molar-refractivity contribution in [3.05, 3.63) is 93.9 Å². The molecule has 0 aliphatic heterocycles. The average molecular weight is 401 g/mol. The van der Waals surface area contributed by atoms with E-state index < -0.39 is 0 Å². The lowest BCUT2D eigenvalue weighted by atomic mass is 10.2. The Hall–Kier alpha value is -3.74. The number of hydrogen-bond acceptors (Lipinski definition) is 4. The van der Waals surface area contributed by atoms with E-state index >= 15 is 0 Å². The second-order valence-corrected chi connectivity index (χ2v) is 7.28. The van der Waals surface area contributed by atoms with E-state index in [9.17, 15) is 9.59 Å². The highest BCUT2D eigenvalue weighted by Gasteiger charge is 2.17. The zero-order valence-electron chi connectivity index (χ0n) is 17.0. The Kier molecular flexibility index (Phi) is 5.43. The number of benzene rings is 1. The molecule has 0 saturated carbocycles. The first-order valence-corrected chi connectivity index (χ1v) is 9.79. The van der Waals surface area contributed by atoms with Gasteiger partial charge in [0.05, 0.1) is 11.6 Å². The molecule has 0 aliphatic rings. The molecular weight excluding hydrogens is 378 g/mol.